The molecule has 0 atom stereocenters. The summed E-state index contributed by atoms with van der Waals surface area (Å²) in [6.45, 7) is 4.54. The molecule has 0 aromatic heterocycles. The van der Waals surface area contributed by atoms with Crippen LogP contribution in [-0.4, -0.2) is 19.5 Å². The Morgan fingerprint density at radius 3 is 2.42 bits per heavy atom. The second-order valence-electron chi connectivity index (χ2n) is 5.79. The molecule has 0 bridgehead atoms. The number of methoxy groups -OCH3 is 1. The monoisotopic (exact) mass is 349 g/mol. The Bertz CT molecular complexity index is 829. The Hall–Kier alpha value is -3.06. The smallest absolute Gasteiger partial charge is 0.203 e. The molecule has 0 radical (unpaired) electrons. The summed E-state index contributed by atoms with van der Waals surface area (Å²) in [7, 11) is 1.56. The van der Waals surface area contributed by atoms with Gasteiger partial charge in [-0.3, -0.25) is 4.79 Å². The number of hydrogen-bond acceptors (Lipinski definition) is 4. The van der Waals surface area contributed by atoms with Gasteiger partial charge in [-0.2, -0.15) is 5.26 Å². The summed E-state index contributed by atoms with van der Waals surface area (Å²) in [4.78, 5) is 12.6. The molecular weight excluding hydrogens is 326 g/mol. The summed E-state index contributed by atoms with van der Waals surface area (Å²) in [6.07, 6.45) is 3.60. The van der Waals surface area contributed by atoms with E-state index in [0.717, 1.165) is 12.8 Å². The lowest BCUT2D eigenvalue weighted by molar-refractivity contribution is 0.104. The molecule has 0 aliphatic carbocycles. The van der Waals surface area contributed by atoms with Gasteiger partial charge in [0.25, 0.3) is 0 Å². The molecule has 0 aliphatic heterocycles. The van der Waals surface area contributed by atoms with E-state index < -0.39 is 0 Å². The minimum Gasteiger partial charge on any atom is -0.493 e. The molecule has 0 N–H and O–H groups in total. The number of hydrogen-bond donors (Lipinski definition) is 0. The van der Waals surface area contributed by atoms with E-state index in [1.807, 2.05) is 25.1 Å². The van der Waals surface area contributed by atoms with E-state index in [1.54, 1.807) is 43.5 Å². The van der Waals surface area contributed by atoms with Gasteiger partial charge in [-0.25, -0.2) is 0 Å². The van der Waals surface area contributed by atoms with Crippen molar-refractivity contribution in [3.63, 3.8) is 0 Å². The van der Waals surface area contributed by atoms with E-state index in [0.29, 0.717) is 29.2 Å². The van der Waals surface area contributed by atoms with Gasteiger partial charge in [0.1, 0.15) is 11.6 Å². The third kappa shape index (κ3) is 4.73. The predicted molar refractivity (Wildman–Crippen MR) is 103 cm³/mol. The fraction of sp³-hybridized carbons (Fsp3) is 0.273. The number of nitriles is 1. The van der Waals surface area contributed by atoms with Crippen LogP contribution < -0.4 is 9.47 Å². The van der Waals surface area contributed by atoms with Crippen LogP contribution in [0.4, 0.5) is 0 Å². The Balaban J connectivity index is 2.29. The minimum absolute atomic E-state index is 0.0828. The molecule has 2 rings (SSSR count). The molecule has 2 aromatic rings. The maximum absolute atomic E-state index is 12.6. The van der Waals surface area contributed by atoms with Crippen LogP contribution in [0.15, 0.2) is 48.0 Å². The van der Waals surface area contributed by atoms with Crippen molar-refractivity contribution >= 4 is 11.9 Å². The summed E-state index contributed by atoms with van der Waals surface area (Å²) in [6, 6.07) is 14.7. The number of ether oxygens (including phenoxy) is 2. The molecule has 0 amide bonds. The lowest BCUT2D eigenvalue weighted by Gasteiger charge is -2.09. The highest BCUT2D eigenvalue weighted by atomic mass is 16.5. The third-order valence-electron chi connectivity index (χ3n) is 3.92. The molecule has 2 aromatic carbocycles. The first-order valence-electron chi connectivity index (χ1n) is 8.69. The summed E-state index contributed by atoms with van der Waals surface area (Å²) in [5.74, 6) is 0.904. The van der Waals surface area contributed by atoms with Crippen molar-refractivity contribution < 1.29 is 14.3 Å². The van der Waals surface area contributed by atoms with E-state index in [1.165, 1.54) is 5.56 Å². The molecule has 0 aliphatic rings. The van der Waals surface area contributed by atoms with E-state index >= 15 is 0 Å². The maximum atomic E-state index is 12.6. The molecule has 4 nitrogen and oxygen atoms in total. The van der Waals surface area contributed by atoms with E-state index in [4.69, 9.17) is 9.47 Å². The number of carbonyl (C=O) groups is 1. The summed E-state index contributed by atoms with van der Waals surface area (Å²) < 4.78 is 10.8. The number of Topliss-reactive ketones (excluding diaryl/α,β-unsaturated/α-hetero) is 1. The fourth-order valence-corrected chi connectivity index (χ4v) is 2.63. The lowest BCUT2D eigenvalue weighted by Crippen LogP contribution is -2.02. The van der Waals surface area contributed by atoms with Crippen LogP contribution in [0.3, 0.4) is 0 Å². The second kappa shape index (κ2) is 9.43. The summed E-state index contributed by atoms with van der Waals surface area (Å²) in [5, 5.41) is 9.43. The van der Waals surface area contributed by atoms with Gasteiger partial charge in [-0.15, -0.1) is 0 Å². The minimum atomic E-state index is -0.289. The zero-order valence-corrected chi connectivity index (χ0v) is 15.4. The van der Waals surface area contributed by atoms with Gasteiger partial charge in [-0.1, -0.05) is 43.7 Å². The van der Waals surface area contributed by atoms with Gasteiger partial charge in [0.15, 0.2) is 11.5 Å². The highest BCUT2D eigenvalue weighted by Gasteiger charge is 2.13. The predicted octanol–water partition coefficient (Wildman–Crippen LogP) is 4.84. The molecule has 0 unspecified atom stereocenters. The molecule has 0 heterocycles. The summed E-state index contributed by atoms with van der Waals surface area (Å²) in [5.41, 5.74) is 2.48. The molecule has 0 fully saturated rings. The first-order chi connectivity index (χ1) is 12.6. The number of benzene rings is 2. The van der Waals surface area contributed by atoms with Crippen LogP contribution >= 0.6 is 0 Å². The number of rotatable bonds is 8. The van der Waals surface area contributed by atoms with Gasteiger partial charge >= 0.3 is 0 Å². The zero-order valence-electron chi connectivity index (χ0n) is 15.4. The van der Waals surface area contributed by atoms with Crippen molar-refractivity contribution in [3.05, 3.63) is 64.7 Å². The Morgan fingerprint density at radius 2 is 1.85 bits per heavy atom. The molecular formula is C22H23NO3. The van der Waals surface area contributed by atoms with Crippen LogP contribution in [0.2, 0.25) is 0 Å². The molecule has 4 heteroatoms. The number of aryl methyl sites for hydroxylation is 1. The van der Waals surface area contributed by atoms with Gasteiger partial charge in [0, 0.05) is 5.56 Å². The molecule has 0 spiro atoms. The van der Waals surface area contributed by atoms with Gasteiger partial charge in [0.2, 0.25) is 5.78 Å². The first-order valence-corrected chi connectivity index (χ1v) is 8.69. The van der Waals surface area contributed by atoms with E-state index in [-0.39, 0.29) is 11.4 Å². The molecule has 0 saturated heterocycles. The van der Waals surface area contributed by atoms with E-state index in [9.17, 15) is 10.1 Å². The molecule has 0 saturated carbocycles. The topological polar surface area (TPSA) is 59.3 Å². The number of nitrogens with zero attached hydrogens (tertiary/aromatic N) is 1. The number of ketones is 1. The fourth-order valence-electron chi connectivity index (χ4n) is 2.63. The Kier molecular flexibility index (Phi) is 6.99. The summed E-state index contributed by atoms with van der Waals surface area (Å²) >= 11 is 0. The van der Waals surface area contributed by atoms with Crippen molar-refractivity contribution in [3.8, 4) is 17.6 Å². The van der Waals surface area contributed by atoms with Crippen molar-refractivity contribution in [2.45, 2.75) is 26.7 Å². The second-order valence-corrected chi connectivity index (χ2v) is 5.79. The Labute approximate surface area is 154 Å². The van der Waals surface area contributed by atoms with Crippen molar-refractivity contribution in [2.75, 3.05) is 13.7 Å². The molecule has 26 heavy (non-hydrogen) atoms. The number of allylic oxidation sites excluding steroid dienone is 1. The standard InChI is InChI=1S/C22H23NO3/c1-4-6-16-7-10-18(11-8-16)22(24)19(15-23)13-17-9-12-20(26-5-2)21(14-17)25-3/h7-14H,4-6H2,1-3H3/b19-13+. The SMILES string of the molecule is CCCc1ccc(C(=O)/C(C#N)=C/c2ccc(OCC)c(OC)c2)cc1. The maximum Gasteiger partial charge on any atom is 0.203 e. The number of carbonyl (C=O) groups excluding carboxylic acids is 1. The largest absolute Gasteiger partial charge is 0.493 e. The Morgan fingerprint density at radius 1 is 1.12 bits per heavy atom. The van der Waals surface area contributed by atoms with Crippen molar-refractivity contribution in [1.82, 2.24) is 0 Å². The third-order valence-corrected chi connectivity index (χ3v) is 3.92. The van der Waals surface area contributed by atoms with Crippen LogP contribution in [-0.2, 0) is 6.42 Å². The van der Waals surface area contributed by atoms with Gasteiger partial charge < -0.3 is 9.47 Å². The highest BCUT2D eigenvalue weighted by molar-refractivity contribution is 6.14. The van der Waals surface area contributed by atoms with Crippen molar-refractivity contribution in [2.24, 2.45) is 0 Å². The van der Waals surface area contributed by atoms with Crippen LogP contribution in [0.1, 0.15) is 41.8 Å². The normalized spacial score (nSPS) is 10.9. The quantitative estimate of drug-likeness (QED) is 0.389. The highest BCUT2D eigenvalue weighted by Crippen LogP contribution is 2.29. The first kappa shape index (κ1) is 19.3. The van der Waals surface area contributed by atoms with E-state index in [2.05, 4.69) is 6.92 Å². The average molecular weight is 349 g/mol. The van der Waals surface area contributed by atoms with Gasteiger partial charge in [-0.05, 0) is 42.7 Å². The zero-order chi connectivity index (χ0) is 18.9. The van der Waals surface area contributed by atoms with Crippen molar-refractivity contribution in [1.29, 1.82) is 5.26 Å². The van der Waals surface area contributed by atoms with Crippen LogP contribution in [0.5, 0.6) is 11.5 Å². The molecule has 134 valence electrons. The average Bonchev–Trinajstić information content (AvgIpc) is 2.67. The van der Waals surface area contributed by atoms with Gasteiger partial charge in [0.05, 0.1) is 13.7 Å². The lowest BCUT2D eigenvalue weighted by atomic mass is 10.00. The van der Waals surface area contributed by atoms with Crippen LogP contribution in [0.25, 0.3) is 6.08 Å². The van der Waals surface area contributed by atoms with Crippen LogP contribution in [0, 0.1) is 11.3 Å².